The zero-order valence-electron chi connectivity index (χ0n) is 11.8. The highest BCUT2D eigenvalue weighted by Crippen LogP contribution is 2.28. The summed E-state index contributed by atoms with van der Waals surface area (Å²) in [5, 5.41) is 12.6. The molecule has 4 nitrogen and oxygen atoms in total. The van der Waals surface area contributed by atoms with E-state index in [0.717, 1.165) is 34.4 Å². The van der Waals surface area contributed by atoms with Crippen LogP contribution < -0.4 is 5.32 Å². The van der Waals surface area contributed by atoms with Crippen LogP contribution in [0.1, 0.15) is 37.7 Å². The lowest BCUT2D eigenvalue weighted by Gasteiger charge is -2.13. The molecule has 0 saturated carbocycles. The Kier molecular flexibility index (Phi) is 5.18. The molecule has 0 amide bonds. The molecule has 20 heavy (non-hydrogen) atoms. The van der Waals surface area contributed by atoms with Crippen molar-refractivity contribution in [2.75, 3.05) is 7.05 Å². The standard InChI is InChI=1S/C14H18BrClN4/c1-4-11(17-3)14-12(5-2)20(19-18-14)13-8-9(16)6-7-10(13)15/h6-8,11,17H,4-5H2,1-3H3. The molecule has 1 unspecified atom stereocenters. The summed E-state index contributed by atoms with van der Waals surface area (Å²) >= 11 is 9.64. The van der Waals surface area contributed by atoms with Gasteiger partial charge in [0.25, 0.3) is 0 Å². The molecular formula is C14H18BrClN4. The number of aromatic nitrogens is 3. The van der Waals surface area contributed by atoms with E-state index in [1.165, 1.54) is 0 Å². The monoisotopic (exact) mass is 356 g/mol. The fourth-order valence-electron chi connectivity index (χ4n) is 2.29. The second-order valence-corrected chi connectivity index (χ2v) is 5.82. The molecule has 1 heterocycles. The van der Waals surface area contributed by atoms with E-state index in [1.807, 2.05) is 29.9 Å². The summed E-state index contributed by atoms with van der Waals surface area (Å²) in [5.41, 5.74) is 3.03. The third kappa shape index (κ3) is 2.90. The van der Waals surface area contributed by atoms with Gasteiger partial charge in [0.1, 0.15) is 5.69 Å². The number of nitrogens with one attached hydrogen (secondary N) is 1. The lowest BCUT2D eigenvalue weighted by molar-refractivity contribution is 0.555. The van der Waals surface area contributed by atoms with E-state index in [1.54, 1.807) is 0 Å². The third-order valence-corrected chi connectivity index (χ3v) is 4.26. The van der Waals surface area contributed by atoms with Gasteiger partial charge in [-0.25, -0.2) is 4.68 Å². The van der Waals surface area contributed by atoms with E-state index in [4.69, 9.17) is 11.6 Å². The van der Waals surface area contributed by atoms with Crippen LogP contribution in [0.15, 0.2) is 22.7 Å². The van der Waals surface area contributed by atoms with Crippen LogP contribution in [0.4, 0.5) is 0 Å². The number of hydrogen-bond donors (Lipinski definition) is 1. The van der Waals surface area contributed by atoms with Crippen LogP contribution in [-0.2, 0) is 6.42 Å². The van der Waals surface area contributed by atoms with E-state index < -0.39 is 0 Å². The molecule has 2 rings (SSSR count). The molecule has 0 bridgehead atoms. The van der Waals surface area contributed by atoms with Gasteiger partial charge in [0.05, 0.1) is 17.4 Å². The fourth-order valence-corrected chi connectivity index (χ4v) is 2.87. The Morgan fingerprint density at radius 3 is 2.75 bits per heavy atom. The maximum atomic E-state index is 6.09. The van der Waals surface area contributed by atoms with Crippen molar-refractivity contribution in [3.63, 3.8) is 0 Å². The van der Waals surface area contributed by atoms with Crippen LogP contribution >= 0.6 is 27.5 Å². The SMILES string of the molecule is CCc1c(C(CC)NC)nnn1-c1cc(Cl)ccc1Br. The minimum Gasteiger partial charge on any atom is -0.312 e. The summed E-state index contributed by atoms with van der Waals surface area (Å²) in [6.07, 6.45) is 1.83. The van der Waals surface area contributed by atoms with Crippen LogP contribution in [0, 0.1) is 0 Å². The Hall–Kier alpha value is -0.910. The Morgan fingerprint density at radius 2 is 2.15 bits per heavy atom. The minimum absolute atomic E-state index is 0.219. The summed E-state index contributed by atoms with van der Waals surface area (Å²) in [6, 6.07) is 5.88. The molecule has 0 fully saturated rings. The Labute approximate surface area is 132 Å². The van der Waals surface area contributed by atoms with E-state index in [-0.39, 0.29) is 6.04 Å². The average Bonchev–Trinajstić information content (AvgIpc) is 2.86. The molecule has 1 aromatic carbocycles. The molecule has 2 aromatic rings. The fraction of sp³-hybridized carbons (Fsp3) is 0.429. The largest absolute Gasteiger partial charge is 0.312 e. The third-order valence-electron chi connectivity index (χ3n) is 3.35. The van der Waals surface area contributed by atoms with E-state index in [2.05, 4.69) is 45.4 Å². The van der Waals surface area contributed by atoms with E-state index in [9.17, 15) is 0 Å². The van der Waals surface area contributed by atoms with E-state index in [0.29, 0.717) is 5.02 Å². The van der Waals surface area contributed by atoms with Crippen molar-refractivity contribution in [3.8, 4) is 5.69 Å². The summed E-state index contributed by atoms with van der Waals surface area (Å²) in [7, 11) is 1.95. The van der Waals surface area contributed by atoms with Crippen molar-refractivity contribution in [3.05, 3.63) is 39.1 Å². The van der Waals surface area contributed by atoms with Crippen molar-refractivity contribution < 1.29 is 0 Å². The van der Waals surface area contributed by atoms with Crippen molar-refractivity contribution in [1.29, 1.82) is 0 Å². The summed E-state index contributed by atoms with van der Waals surface area (Å²) in [5.74, 6) is 0. The predicted octanol–water partition coefficient (Wildman–Crippen LogP) is 3.92. The number of rotatable bonds is 5. The first-order valence-corrected chi connectivity index (χ1v) is 7.86. The maximum absolute atomic E-state index is 6.09. The van der Waals surface area contributed by atoms with Gasteiger partial charge in [0.2, 0.25) is 0 Å². The minimum atomic E-state index is 0.219. The Balaban J connectivity index is 2.55. The Bertz CT molecular complexity index is 593. The molecule has 1 N–H and O–H groups in total. The molecule has 0 aliphatic heterocycles. The van der Waals surface area contributed by atoms with Crippen LogP contribution in [-0.4, -0.2) is 22.0 Å². The zero-order valence-corrected chi connectivity index (χ0v) is 14.2. The first-order chi connectivity index (χ1) is 9.62. The molecule has 0 aliphatic rings. The quantitative estimate of drug-likeness (QED) is 0.882. The highest BCUT2D eigenvalue weighted by molar-refractivity contribution is 9.10. The number of nitrogens with zero attached hydrogens (tertiary/aromatic N) is 3. The van der Waals surface area contributed by atoms with Crippen molar-refractivity contribution in [1.82, 2.24) is 20.3 Å². The number of hydrogen-bond acceptors (Lipinski definition) is 3. The van der Waals surface area contributed by atoms with Crippen molar-refractivity contribution in [2.24, 2.45) is 0 Å². The van der Waals surface area contributed by atoms with E-state index >= 15 is 0 Å². The van der Waals surface area contributed by atoms with Gasteiger partial charge < -0.3 is 5.32 Å². The first-order valence-electron chi connectivity index (χ1n) is 6.69. The highest BCUT2D eigenvalue weighted by atomic mass is 79.9. The summed E-state index contributed by atoms with van der Waals surface area (Å²) in [6.45, 7) is 4.24. The van der Waals surface area contributed by atoms with Crippen LogP contribution in [0.25, 0.3) is 5.69 Å². The molecule has 0 spiro atoms. The van der Waals surface area contributed by atoms with Crippen molar-refractivity contribution in [2.45, 2.75) is 32.7 Å². The average molecular weight is 358 g/mol. The number of benzene rings is 1. The lowest BCUT2D eigenvalue weighted by atomic mass is 10.1. The zero-order chi connectivity index (χ0) is 14.7. The molecule has 0 aliphatic carbocycles. The van der Waals surface area contributed by atoms with Gasteiger partial charge in [0, 0.05) is 9.50 Å². The summed E-state index contributed by atoms with van der Waals surface area (Å²) in [4.78, 5) is 0. The van der Waals surface area contributed by atoms with Crippen LogP contribution in [0.2, 0.25) is 5.02 Å². The van der Waals surface area contributed by atoms with Gasteiger partial charge in [-0.2, -0.15) is 0 Å². The molecular weight excluding hydrogens is 340 g/mol. The normalized spacial score (nSPS) is 12.7. The van der Waals surface area contributed by atoms with Gasteiger partial charge in [-0.1, -0.05) is 30.7 Å². The second kappa shape index (κ2) is 6.70. The van der Waals surface area contributed by atoms with Crippen LogP contribution in [0.5, 0.6) is 0 Å². The van der Waals surface area contributed by atoms with Gasteiger partial charge in [-0.05, 0) is 54.0 Å². The molecule has 0 radical (unpaired) electrons. The van der Waals surface area contributed by atoms with Gasteiger partial charge in [0.15, 0.2) is 0 Å². The molecule has 108 valence electrons. The molecule has 1 aromatic heterocycles. The topological polar surface area (TPSA) is 42.7 Å². The predicted molar refractivity (Wildman–Crippen MR) is 85.5 cm³/mol. The lowest BCUT2D eigenvalue weighted by Crippen LogP contribution is -2.17. The second-order valence-electron chi connectivity index (χ2n) is 4.53. The first kappa shape index (κ1) is 15.5. The van der Waals surface area contributed by atoms with Crippen molar-refractivity contribution >= 4 is 27.5 Å². The number of halogens is 2. The summed E-state index contributed by atoms with van der Waals surface area (Å²) < 4.78 is 2.82. The van der Waals surface area contributed by atoms with Gasteiger partial charge in [-0.15, -0.1) is 5.10 Å². The smallest absolute Gasteiger partial charge is 0.103 e. The highest BCUT2D eigenvalue weighted by Gasteiger charge is 2.20. The van der Waals surface area contributed by atoms with Gasteiger partial charge >= 0.3 is 0 Å². The maximum Gasteiger partial charge on any atom is 0.103 e. The molecule has 0 saturated heterocycles. The Morgan fingerprint density at radius 1 is 1.40 bits per heavy atom. The molecule has 6 heteroatoms. The molecule has 1 atom stereocenters. The van der Waals surface area contributed by atoms with Crippen LogP contribution in [0.3, 0.4) is 0 Å². The van der Waals surface area contributed by atoms with Gasteiger partial charge in [-0.3, -0.25) is 0 Å².